The molecule has 0 aliphatic heterocycles. The Morgan fingerprint density at radius 3 is 2.68 bits per heavy atom. The highest BCUT2D eigenvalue weighted by molar-refractivity contribution is 7.89. The number of nitrogens with one attached hydrogen (secondary N) is 1. The summed E-state index contributed by atoms with van der Waals surface area (Å²) in [6, 6.07) is 4.79. The number of hydrogen-bond acceptors (Lipinski definition) is 3. The molecule has 2 rings (SSSR count). The molecule has 0 saturated carbocycles. The van der Waals surface area contributed by atoms with Gasteiger partial charge in [-0.15, -0.1) is 0 Å². The number of hydrogen-bond donors (Lipinski definition) is 1. The number of anilines is 1. The van der Waals surface area contributed by atoms with E-state index < -0.39 is 10.0 Å². The summed E-state index contributed by atoms with van der Waals surface area (Å²) in [4.78, 5) is 12.3. The van der Waals surface area contributed by atoms with Gasteiger partial charge in [0.05, 0.1) is 4.90 Å². The second kappa shape index (κ2) is 6.62. The van der Waals surface area contributed by atoms with Crippen LogP contribution in [0.5, 0.6) is 0 Å². The average Bonchev–Trinajstić information content (AvgIpc) is 2.93. The Hall–Kier alpha value is -1.66. The van der Waals surface area contributed by atoms with E-state index in [0.717, 1.165) is 22.7 Å². The number of rotatable bonds is 5. The van der Waals surface area contributed by atoms with E-state index in [1.165, 1.54) is 20.2 Å². The van der Waals surface area contributed by atoms with E-state index in [4.69, 9.17) is 0 Å². The first-order valence-corrected chi connectivity index (χ1v) is 8.74. The molecule has 0 bridgehead atoms. The summed E-state index contributed by atoms with van der Waals surface area (Å²) >= 11 is 0. The molecule has 0 heterocycles. The molecule has 6 heteroatoms. The van der Waals surface area contributed by atoms with Crippen molar-refractivity contribution in [3.8, 4) is 0 Å². The van der Waals surface area contributed by atoms with Crippen LogP contribution in [0, 0.1) is 12.8 Å². The lowest BCUT2D eigenvalue weighted by molar-refractivity contribution is -0.116. The molecule has 1 N–H and O–H groups in total. The van der Waals surface area contributed by atoms with Gasteiger partial charge in [0.1, 0.15) is 0 Å². The maximum Gasteiger partial charge on any atom is 0.242 e. The highest BCUT2D eigenvalue weighted by Crippen LogP contribution is 2.24. The molecule has 0 aromatic heterocycles. The fraction of sp³-hybridized carbons (Fsp3) is 0.438. The fourth-order valence-electron chi connectivity index (χ4n) is 2.41. The van der Waals surface area contributed by atoms with E-state index in [2.05, 4.69) is 17.5 Å². The van der Waals surface area contributed by atoms with Gasteiger partial charge in [0.25, 0.3) is 0 Å². The molecule has 22 heavy (non-hydrogen) atoms. The van der Waals surface area contributed by atoms with Gasteiger partial charge in [-0.1, -0.05) is 18.2 Å². The number of aryl methyl sites for hydroxylation is 1. The third kappa shape index (κ3) is 3.75. The number of sulfonamides is 1. The Kier molecular flexibility index (Phi) is 5.03. The molecule has 5 nitrogen and oxygen atoms in total. The van der Waals surface area contributed by atoms with Gasteiger partial charge < -0.3 is 5.32 Å². The van der Waals surface area contributed by atoms with Crippen molar-refractivity contribution in [3.63, 3.8) is 0 Å². The third-order valence-electron chi connectivity index (χ3n) is 3.82. The minimum Gasteiger partial charge on any atom is -0.326 e. The van der Waals surface area contributed by atoms with Crippen LogP contribution in [0.25, 0.3) is 0 Å². The maximum atomic E-state index is 12.2. The molecule has 1 aliphatic rings. The van der Waals surface area contributed by atoms with Crippen LogP contribution >= 0.6 is 0 Å². The van der Waals surface area contributed by atoms with Crippen LogP contribution in [-0.4, -0.2) is 32.7 Å². The summed E-state index contributed by atoms with van der Waals surface area (Å²) in [5.74, 6) is 0.202. The zero-order chi connectivity index (χ0) is 16.3. The molecule has 0 radical (unpaired) electrons. The second-order valence-corrected chi connectivity index (χ2v) is 7.93. The van der Waals surface area contributed by atoms with E-state index in [1.807, 2.05) is 6.92 Å². The summed E-state index contributed by atoms with van der Waals surface area (Å²) in [5.41, 5.74) is 1.39. The molecule has 0 spiro atoms. The third-order valence-corrected chi connectivity index (χ3v) is 5.63. The van der Waals surface area contributed by atoms with Crippen molar-refractivity contribution in [3.05, 3.63) is 35.9 Å². The van der Waals surface area contributed by atoms with Gasteiger partial charge in [-0.3, -0.25) is 4.79 Å². The van der Waals surface area contributed by atoms with Crippen molar-refractivity contribution in [1.29, 1.82) is 0 Å². The number of nitrogens with zero attached hydrogens (tertiary/aromatic N) is 1. The minimum atomic E-state index is -3.50. The zero-order valence-electron chi connectivity index (χ0n) is 13.2. The van der Waals surface area contributed by atoms with E-state index >= 15 is 0 Å². The van der Waals surface area contributed by atoms with Gasteiger partial charge >= 0.3 is 0 Å². The number of carbonyl (C=O) groups excluding carboxylic acids is 1. The topological polar surface area (TPSA) is 66.5 Å². The summed E-state index contributed by atoms with van der Waals surface area (Å²) in [6.45, 7) is 1.84. The molecular weight excluding hydrogens is 300 g/mol. The Morgan fingerprint density at radius 1 is 1.36 bits per heavy atom. The predicted molar refractivity (Wildman–Crippen MR) is 87.2 cm³/mol. The molecule has 1 atom stereocenters. The van der Waals surface area contributed by atoms with Crippen molar-refractivity contribution in [2.24, 2.45) is 5.92 Å². The molecule has 0 fully saturated rings. The Bertz CT molecular complexity index is 693. The fourth-order valence-corrected chi connectivity index (χ4v) is 3.34. The van der Waals surface area contributed by atoms with Crippen molar-refractivity contribution >= 4 is 21.6 Å². The van der Waals surface area contributed by atoms with Crippen LogP contribution in [0.4, 0.5) is 5.69 Å². The van der Waals surface area contributed by atoms with Gasteiger partial charge in [0.2, 0.25) is 15.9 Å². The first kappa shape index (κ1) is 16.7. The highest BCUT2D eigenvalue weighted by atomic mass is 32.2. The van der Waals surface area contributed by atoms with Crippen molar-refractivity contribution in [2.45, 2.75) is 31.1 Å². The first-order chi connectivity index (χ1) is 10.3. The Labute approximate surface area is 132 Å². The molecule has 1 aliphatic carbocycles. The van der Waals surface area contributed by atoms with Crippen LogP contribution in [0.15, 0.2) is 35.2 Å². The van der Waals surface area contributed by atoms with Gasteiger partial charge in [0, 0.05) is 26.2 Å². The monoisotopic (exact) mass is 322 g/mol. The Balaban J connectivity index is 2.16. The molecule has 1 unspecified atom stereocenters. The Morgan fingerprint density at radius 2 is 2.09 bits per heavy atom. The van der Waals surface area contributed by atoms with Gasteiger partial charge in [-0.05, 0) is 43.4 Å². The summed E-state index contributed by atoms with van der Waals surface area (Å²) < 4.78 is 25.5. The van der Waals surface area contributed by atoms with Gasteiger partial charge in [0.15, 0.2) is 0 Å². The molecule has 0 saturated heterocycles. The van der Waals surface area contributed by atoms with E-state index in [0.29, 0.717) is 12.1 Å². The molecule has 120 valence electrons. The summed E-state index contributed by atoms with van der Waals surface area (Å²) in [5, 5.41) is 2.83. The van der Waals surface area contributed by atoms with Crippen LogP contribution in [0.2, 0.25) is 0 Å². The van der Waals surface area contributed by atoms with Gasteiger partial charge in [-0.25, -0.2) is 12.7 Å². The number of carbonyl (C=O) groups is 1. The van der Waals surface area contributed by atoms with Crippen LogP contribution in [-0.2, 0) is 14.8 Å². The number of amides is 1. The van der Waals surface area contributed by atoms with E-state index in [1.54, 1.807) is 12.1 Å². The predicted octanol–water partition coefficient (Wildman–Crippen LogP) is 2.54. The highest BCUT2D eigenvalue weighted by Gasteiger charge is 2.19. The standard InChI is InChI=1S/C16H22N2O3S/c1-12-8-9-14(22(20,21)18(2)3)11-15(12)17-16(19)10-13-6-4-5-7-13/h4,6,8-9,11,13H,5,7,10H2,1-3H3,(H,17,19). The second-order valence-electron chi connectivity index (χ2n) is 5.78. The van der Waals surface area contributed by atoms with E-state index in [9.17, 15) is 13.2 Å². The number of allylic oxidation sites excluding steroid dienone is 2. The summed E-state index contributed by atoms with van der Waals surface area (Å²) in [6.07, 6.45) is 6.61. The minimum absolute atomic E-state index is 0.0842. The molecule has 1 aromatic rings. The maximum absolute atomic E-state index is 12.2. The lowest BCUT2D eigenvalue weighted by Crippen LogP contribution is -2.22. The van der Waals surface area contributed by atoms with E-state index in [-0.39, 0.29) is 16.7 Å². The molecule has 1 aromatic carbocycles. The molecule has 1 amide bonds. The number of benzene rings is 1. The molecular formula is C16H22N2O3S. The normalized spacial score (nSPS) is 17.9. The van der Waals surface area contributed by atoms with Crippen LogP contribution in [0.3, 0.4) is 0 Å². The van der Waals surface area contributed by atoms with Gasteiger partial charge in [-0.2, -0.15) is 0 Å². The smallest absolute Gasteiger partial charge is 0.242 e. The van der Waals surface area contributed by atoms with Crippen molar-refractivity contribution < 1.29 is 13.2 Å². The van der Waals surface area contributed by atoms with Crippen LogP contribution < -0.4 is 5.32 Å². The quantitative estimate of drug-likeness (QED) is 0.847. The summed E-state index contributed by atoms with van der Waals surface area (Å²) in [7, 11) is -0.531. The lowest BCUT2D eigenvalue weighted by atomic mass is 10.0. The average molecular weight is 322 g/mol. The van der Waals surface area contributed by atoms with Crippen molar-refractivity contribution in [1.82, 2.24) is 4.31 Å². The van der Waals surface area contributed by atoms with Crippen LogP contribution in [0.1, 0.15) is 24.8 Å². The zero-order valence-corrected chi connectivity index (χ0v) is 14.0. The first-order valence-electron chi connectivity index (χ1n) is 7.30. The lowest BCUT2D eigenvalue weighted by Gasteiger charge is -2.15. The SMILES string of the molecule is Cc1ccc(S(=O)(=O)N(C)C)cc1NC(=O)CC1C=CCC1. The largest absolute Gasteiger partial charge is 0.326 e. The van der Waals surface area contributed by atoms with Crippen molar-refractivity contribution in [2.75, 3.05) is 19.4 Å².